The first kappa shape index (κ1) is 31.1. The molecular formula is C25H35N14O3S2+. The van der Waals surface area contributed by atoms with Gasteiger partial charge in [-0.2, -0.15) is 9.36 Å². The SMILES string of the molecule is CCO/N=C(\C(=O)N[C@@H]1C(=O)N2C(/C(N)=N/N(C)N)=C(C[n+]3cccc4c3ncn4CCCNC)CS[C@H]12)c1nsc(N)n1. The maximum atomic E-state index is 13.6. The molecule has 8 N–H and O–H groups in total. The third-order valence-electron chi connectivity index (χ3n) is 6.83. The number of oxime groups is 1. The van der Waals surface area contributed by atoms with Gasteiger partial charge in [-0.25, -0.2) is 15.5 Å². The van der Waals surface area contributed by atoms with Crippen LogP contribution in [0.15, 0.2) is 46.2 Å². The molecule has 2 aliphatic heterocycles. The molecule has 3 aromatic heterocycles. The molecule has 1 fully saturated rings. The number of anilines is 1. The molecule has 0 spiro atoms. The number of thioether (sulfide) groups is 1. The topological polar surface area (TPSA) is 224 Å². The molecule has 3 aromatic rings. The highest BCUT2D eigenvalue weighted by atomic mass is 32.2. The maximum absolute atomic E-state index is 13.6. The maximum Gasteiger partial charge on any atom is 0.349 e. The number of aromatic nitrogens is 5. The third kappa shape index (κ3) is 6.30. The fraction of sp³-hybridized carbons (Fsp3) is 0.440. The number of β-lactam (4-membered cyclic amide) rings is 1. The van der Waals surface area contributed by atoms with Crippen LogP contribution in [0.4, 0.5) is 5.13 Å². The minimum Gasteiger partial charge on any atom is -0.395 e. The molecular weight excluding hydrogens is 609 g/mol. The van der Waals surface area contributed by atoms with Crippen LogP contribution >= 0.6 is 23.3 Å². The van der Waals surface area contributed by atoms with E-state index >= 15 is 0 Å². The van der Waals surface area contributed by atoms with Gasteiger partial charge < -0.3 is 31.5 Å². The molecule has 2 aliphatic rings. The molecule has 0 aromatic carbocycles. The van der Waals surface area contributed by atoms with Gasteiger partial charge in [0.15, 0.2) is 11.0 Å². The van der Waals surface area contributed by atoms with Gasteiger partial charge in [-0.05, 0) is 44.1 Å². The van der Waals surface area contributed by atoms with E-state index < -0.39 is 17.3 Å². The summed E-state index contributed by atoms with van der Waals surface area (Å²) in [6.07, 6.45) is 4.74. The quantitative estimate of drug-likeness (QED) is 0.0274. The van der Waals surface area contributed by atoms with Crippen LogP contribution in [-0.4, -0.2) is 96.7 Å². The number of rotatable bonds is 13. The highest BCUT2D eigenvalue weighted by Gasteiger charge is 2.54. The number of hydrogen-bond donors (Lipinski definition) is 5. The van der Waals surface area contributed by atoms with Crippen molar-refractivity contribution in [1.82, 2.24) is 39.6 Å². The Bertz CT molecular complexity index is 1630. The summed E-state index contributed by atoms with van der Waals surface area (Å²) in [6.45, 7) is 4.08. The van der Waals surface area contributed by atoms with Crippen LogP contribution in [0.2, 0.25) is 0 Å². The first-order valence-corrected chi connectivity index (χ1v) is 15.6. The lowest BCUT2D eigenvalue weighted by Crippen LogP contribution is -2.71. The molecule has 2 atom stereocenters. The van der Waals surface area contributed by atoms with Crippen LogP contribution in [0, 0.1) is 0 Å². The van der Waals surface area contributed by atoms with Crippen molar-refractivity contribution >= 4 is 63.0 Å². The van der Waals surface area contributed by atoms with Crippen molar-refractivity contribution in [3.05, 3.63) is 41.8 Å². The number of aryl methyl sites for hydroxylation is 1. The Kier molecular flexibility index (Phi) is 9.57. The molecule has 5 heterocycles. The number of nitrogens with zero attached hydrogens (tertiary/aromatic N) is 9. The highest BCUT2D eigenvalue weighted by Crippen LogP contribution is 2.40. The second-order valence-electron chi connectivity index (χ2n) is 9.93. The van der Waals surface area contributed by atoms with E-state index in [9.17, 15) is 9.59 Å². The van der Waals surface area contributed by atoms with Crippen molar-refractivity contribution < 1.29 is 19.0 Å². The van der Waals surface area contributed by atoms with Gasteiger partial charge in [-0.1, -0.05) is 5.16 Å². The van der Waals surface area contributed by atoms with Crippen molar-refractivity contribution in [3.8, 4) is 0 Å². The Hall–Kier alpha value is -4.33. The second kappa shape index (κ2) is 13.5. The molecule has 2 amide bonds. The van der Waals surface area contributed by atoms with Crippen molar-refractivity contribution in [2.24, 2.45) is 21.8 Å². The predicted octanol–water partition coefficient (Wildman–Crippen LogP) is -1.46. The first-order chi connectivity index (χ1) is 21.2. The Labute approximate surface area is 261 Å². The molecule has 234 valence electrons. The number of hydrazone groups is 1. The minimum atomic E-state index is -0.861. The zero-order chi connectivity index (χ0) is 31.4. The van der Waals surface area contributed by atoms with Gasteiger partial charge >= 0.3 is 5.65 Å². The number of carbonyl (C=O) groups is 2. The average molecular weight is 644 g/mol. The number of amides is 2. The van der Waals surface area contributed by atoms with Gasteiger partial charge in [0.2, 0.25) is 17.9 Å². The summed E-state index contributed by atoms with van der Waals surface area (Å²) in [5.41, 5.74) is 15.1. The smallest absolute Gasteiger partial charge is 0.349 e. The van der Waals surface area contributed by atoms with Crippen molar-refractivity contribution in [3.63, 3.8) is 0 Å². The monoisotopic (exact) mass is 643 g/mol. The summed E-state index contributed by atoms with van der Waals surface area (Å²) < 4.78 is 8.20. The number of hydrazine groups is 1. The van der Waals surface area contributed by atoms with Gasteiger partial charge in [-0.15, -0.1) is 16.9 Å². The Morgan fingerprint density at radius 2 is 2.20 bits per heavy atom. The summed E-state index contributed by atoms with van der Waals surface area (Å²) in [4.78, 5) is 42.2. The van der Waals surface area contributed by atoms with Crippen LogP contribution < -0.4 is 32.5 Å². The summed E-state index contributed by atoms with van der Waals surface area (Å²) in [6, 6.07) is 3.14. The van der Waals surface area contributed by atoms with Gasteiger partial charge in [0.1, 0.15) is 30.1 Å². The van der Waals surface area contributed by atoms with E-state index in [1.807, 2.05) is 36.3 Å². The van der Waals surface area contributed by atoms with Crippen LogP contribution in [0.1, 0.15) is 19.2 Å². The largest absolute Gasteiger partial charge is 0.395 e. The van der Waals surface area contributed by atoms with Crippen LogP contribution in [0.25, 0.3) is 11.2 Å². The van der Waals surface area contributed by atoms with E-state index in [2.05, 4.69) is 39.8 Å². The predicted molar refractivity (Wildman–Crippen MR) is 167 cm³/mol. The number of hydrogen-bond acceptors (Lipinski definition) is 14. The van der Waals surface area contributed by atoms with E-state index in [-0.39, 0.29) is 35.0 Å². The number of nitrogen functional groups attached to an aromatic ring is 1. The highest BCUT2D eigenvalue weighted by molar-refractivity contribution is 8.00. The van der Waals surface area contributed by atoms with Crippen LogP contribution in [0.5, 0.6) is 0 Å². The second-order valence-corrected chi connectivity index (χ2v) is 11.8. The molecule has 0 aliphatic carbocycles. The minimum absolute atomic E-state index is 0.0132. The molecule has 17 nitrogen and oxygen atoms in total. The number of nitrogens with two attached hydrogens (primary N) is 3. The fourth-order valence-corrected chi connectivity index (χ4v) is 6.72. The number of carbonyl (C=O) groups excluding carboxylic acids is 2. The molecule has 1 saturated heterocycles. The van der Waals surface area contributed by atoms with E-state index in [4.69, 9.17) is 22.1 Å². The van der Waals surface area contributed by atoms with Crippen LogP contribution in [-0.2, 0) is 27.5 Å². The lowest BCUT2D eigenvalue weighted by Gasteiger charge is -2.50. The molecule has 44 heavy (non-hydrogen) atoms. The lowest BCUT2D eigenvalue weighted by molar-refractivity contribution is -0.664. The normalized spacial score (nSPS) is 18.8. The fourth-order valence-electron chi connectivity index (χ4n) is 4.95. The van der Waals surface area contributed by atoms with E-state index in [1.165, 1.54) is 18.8 Å². The summed E-state index contributed by atoms with van der Waals surface area (Å²) in [5, 5.41) is 14.8. The first-order valence-electron chi connectivity index (χ1n) is 13.8. The van der Waals surface area contributed by atoms with E-state index in [0.29, 0.717) is 18.0 Å². The zero-order valence-electron chi connectivity index (χ0n) is 24.5. The van der Waals surface area contributed by atoms with Crippen molar-refractivity contribution in [1.29, 1.82) is 0 Å². The molecule has 19 heteroatoms. The molecule has 0 saturated carbocycles. The van der Waals surface area contributed by atoms with E-state index in [0.717, 1.165) is 52.9 Å². The standard InChI is InChI=1S/C25H34N14O3S2/c1-4-42-34-16(20-32-25(27)44-35-20)22(40)31-17-23(41)39-18(19(26)33-36(3)28)14(12-43-24(17)39)11-37-9-5-7-15-21(37)30-13-38(15)10-6-8-29-2/h5,7,9,13,17,24,29H,4,6,8,10-12,28H2,1-3H3,(H4-,26,27,31,32,33,35,40)/p+1/b34-16-/t17-,24-/m1/s1. The van der Waals surface area contributed by atoms with Gasteiger partial charge in [0.05, 0.1) is 11.9 Å². The number of fused-ring (bicyclic) bond motifs is 2. The summed E-state index contributed by atoms with van der Waals surface area (Å²) in [7, 11) is 3.47. The zero-order valence-corrected chi connectivity index (χ0v) is 26.1. The summed E-state index contributed by atoms with van der Waals surface area (Å²) >= 11 is 2.42. The number of amidine groups is 1. The van der Waals surface area contributed by atoms with Gasteiger partial charge in [0.25, 0.3) is 11.8 Å². The summed E-state index contributed by atoms with van der Waals surface area (Å²) in [5.74, 6) is 5.37. The Morgan fingerprint density at radius 3 is 2.91 bits per heavy atom. The Morgan fingerprint density at radius 1 is 1.39 bits per heavy atom. The van der Waals surface area contributed by atoms with Crippen molar-refractivity contribution in [2.75, 3.05) is 38.7 Å². The van der Waals surface area contributed by atoms with E-state index in [1.54, 1.807) is 11.8 Å². The molecule has 0 unspecified atom stereocenters. The number of pyridine rings is 1. The molecule has 5 rings (SSSR count). The van der Waals surface area contributed by atoms with Crippen LogP contribution in [0.3, 0.4) is 0 Å². The van der Waals surface area contributed by atoms with Crippen molar-refractivity contribution in [2.45, 2.75) is 37.8 Å². The third-order valence-corrected chi connectivity index (χ3v) is 8.71. The lowest BCUT2D eigenvalue weighted by atomic mass is 10.0. The molecule has 0 radical (unpaired) electrons. The Balaban J connectivity index is 1.41. The number of nitrogens with one attached hydrogen (secondary N) is 2. The average Bonchev–Trinajstić information content (AvgIpc) is 3.62. The molecule has 0 bridgehead atoms. The van der Waals surface area contributed by atoms with Gasteiger partial charge in [-0.3, -0.25) is 14.5 Å². The van der Waals surface area contributed by atoms with Gasteiger partial charge in [0, 0.05) is 36.5 Å². The number of imidazole rings is 1.